The zero-order valence-electron chi connectivity index (χ0n) is 15.5. The van der Waals surface area contributed by atoms with E-state index in [1.54, 1.807) is 41.3 Å². The zero-order chi connectivity index (χ0) is 21.0. The van der Waals surface area contributed by atoms with Gasteiger partial charge in [0.2, 0.25) is 15.9 Å². The van der Waals surface area contributed by atoms with Crippen molar-refractivity contribution in [2.24, 2.45) is 5.73 Å². The van der Waals surface area contributed by atoms with Gasteiger partial charge in [0.25, 0.3) is 5.91 Å². The maximum Gasteiger partial charge on any atom is 0.260 e. The van der Waals surface area contributed by atoms with Gasteiger partial charge in [0.05, 0.1) is 4.90 Å². The highest BCUT2D eigenvalue weighted by Gasteiger charge is 2.30. The zero-order valence-corrected chi connectivity index (χ0v) is 17.9. The molecule has 1 heterocycles. The molecule has 2 aromatic carbocycles. The number of hydrogen-bond donors (Lipinski definition) is 1. The summed E-state index contributed by atoms with van der Waals surface area (Å²) in [6.45, 7) is 0.835. The van der Waals surface area contributed by atoms with Crippen LogP contribution in [0, 0.1) is 0 Å². The highest BCUT2D eigenvalue weighted by Crippen LogP contribution is 2.21. The fourth-order valence-electron chi connectivity index (χ4n) is 2.91. The first kappa shape index (κ1) is 21.3. The van der Waals surface area contributed by atoms with Crippen LogP contribution in [0.25, 0.3) is 0 Å². The van der Waals surface area contributed by atoms with Gasteiger partial charge in [0, 0.05) is 36.2 Å². The van der Waals surface area contributed by atoms with Gasteiger partial charge in [-0.25, -0.2) is 8.42 Å². The minimum atomic E-state index is -3.60. The molecule has 154 valence electrons. The number of rotatable bonds is 6. The number of benzene rings is 2. The molecule has 0 unspecified atom stereocenters. The molecular weight excluding hydrogens is 462 g/mol. The Morgan fingerprint density at radius 2 is 1.69 bits per heavy atom. The molecule has 1 aliphatic rings. The minimum absolute atomic E-state index is 0.172. The Kier molecular flexibility index (Phi) is 6.56. The number of nitrogens with zero attached hydrogens (tertiary/aromatic N) is 2. The van der Waals surface area contributed by atoms with Crippen molar-refractivity contribution in [2.45, 2.75) is 4.90 Å². The van der Waals surface area contributed by atoms with Crippen LogP contribution in [-0.2, 0) is 14.8 Å². The Balaban J connectivity index is 1.53. The Labute approximate surface area is 177 Å². The van der Waals surface area contributed by atoms with Crippen molar-refractivity contribution in [3.05, 3.63) is 58.6 Å². The van der Waals surface area contributed by atoms with Crippen molar-refractivity contribution in [2.75, 3.05) is 32.8 Å². The predicted molar refractivity (Wildman–Crippen MR) is 110 cm³/mol. The van der Waals surface area contributed by atoms with Crippen molar-refractivity contribution in [3.63, 3.8) is 0 Å². The maximum atomic E-state index is 12.7. The van der Waals surface area contributed by atoms with Crippen LogP contribution in [0.4, 0.5) is 0 Å². The van der Waals surface area contributed by atoms with Crippen LogP contribution in [0.3, 0.4) is 0 Å². The van der Waals surface area contributed by atoms with Crippen molar-refractivity contribution >= 4 is 37.8 Å². The lowest BCUT2D eigenvalue weighted by atomic mass is 10.2. The number of halogens is 1. The van der Waals surface area contributed by atoms with E-state index in [2.05, 4.69) is 15.9 Å². The lowest BCUT2D eigenvalue weighted by molar-refractivity contribution is -0.134. The molecule has 0 aliphatic carbocycles. The maximum absolute atomic E-state index is 12.7. The standard InChI is InChI=1S/C19H20BrN3O5S/c20-15-2-1-3-17(12-15)29(26,27)23-10-8-22(9-11-23)18(24)13-28-16-6-4-14(5-7-16)19(21)25/h1-7,12H,8-11,13H2,(H2,21,25). The molecule has 0 bridgehead atoms. The van der Waals surface area contributed by atoms with E-state index in [9.17, 15) is 18.0 Å². The van der Waals surface area contributed by atoms with Crippen LogP contribution in [-0.4, -0.2) is 62.2 Å². The SMILES string of the molecule is NC(=O)c1ccc(OCC(=O)N2CCN(S(=O)(=O)c3cccc(Br)c3)CC2)cc1. The molecule has 0 saturated carbocycles. The summed E-state index contributed by atoms with van der Waals surface area (Å²) < 4.78 is 33.0. The first-order valence-corrected chi connectivity index (χ1v) is 11.1. The van der Waals surface area contributed by atoms with E-state index in [1.807, 2.05) is 0 Å². The molecule has 3 rings (SSSR count). The first-order chi connectivity index (χ1) is 13.8. The van der Waals surface area contributed by atoms with Crippen LogP contribution in [0.5, 0.6) is 5.75 Å². The molecule has 10 heteroatoms. The van der Waals surface area contributed by atoms with Gasteiger partial charge in [-0.3, -0.25) is 9.59 Å². The molecule has 1 aliphatic heterocycles. The quantitative estimate of drug-likeness (QED) is 0.671. The molecule has 2 amide bonds. The Hall–Kier alpha value is -2.43. The van der Waals surface area contributed by atoms with Gasteiger partial charge in [-0.1, -0.05) is 22.0 Å². The molecule has 0 spiro atoms. The molecule has 0 atom stereocenters. The summed E-state index contributed by atoms with van der Waals surface area (Å²) in [5.74, 6) is -0.328. The molecule has 0 radical (unpaired) electrons. The molecular formula is C19H20BrN3O5S. The van der Waals surface area contributed by atoms with Crippen LogP contribution < -0.4 is 10.5 Å². The van der Waals surface area contributed by atoms with Gasteiger partial charge >= 0.3 is 0 Å². The number of amides is 2. The van der Waals surface area contributed by atoms with Gasteiger partial charge in [-0.2, -0.15) is 4.31 Å². The third-order valence-corrected chi connectivity index (χ3v) is 6.91. The van der Waals surface area contributed by atoms with Crippen molar-refractivity contribution in [1.82, 2.24) is 9.21 Å². The number of ether oxygens (including phenoxy) is 1. The first-order valence-electron chi connectivity index (χ1n) is 8.83. The Morgan fingerprint density at radius 3 is 2.28 bits per heavy atom. The highest BCUT2D eigenvalue weighted by atomic mass is 79.9. The highest BCUT2D eigenvalue weighted by molar-refractivity contribution is 9.10. The Bertz CT molecular complexity index is 1000. The van der Waals surface area contributed by atoms with E-state index in [0.717, 1.165) is 0 Å². The molecule has 29 heavy (non-hydrogen) atoms. The third-order valence-electron chi connectivity index (χ3n) is 4.53. The van der Waals surface area contributed by atoms with Gasteiger partial charge < -0.3 is 15.4 Å². The minimum Gasteiger partial charge on any atom is -0.484 e. The Morgan fingerprint density at radius 1 is 1.03 bits per heavy atom. The van der Waals surface area contributed by atoms with Gasteiger partial charge in [-0.05, 0) is 42.5 Å². The van der Waals surface area contributed by atoms with Crippen LogP contribution in [0.1, 0.15) is 10.4 Å². The van der Waals surface area contributed by atoms with Gasteiger partial charge in [0.1, 0.15) is 5.75 Å². The molecule has 2 N–H and O–H groups in total. The lowest BCUT2D eigenvalue weighted by Gasteiger charge is -2.34. The van der Waals surface area contributed by atoms with Gasteiger partial charge in [0.15, 0.2) is 6.61 Å². The van der Waals surface area contributed by atoms with Crippen molar-refractivity contribution in [1.29, 1.82) is 0 Å². The lowest BCUT2D eigenvalue weighted by Crippen LogP contribution is -2.51. The third kappa shape index (κ3) is 5.14. The second-order valence-corrected chi connectivity index (χ2v) is 9.27. The van der Waals surface area contributed by atoms with E-state index in [-0.39, 0.29) is 43.6 Å². The smallest absolute Gasteiger partial charge is 0.260 e. The summed E-state index contributed by atoms with van der Waals surface area (Å²) in [6, 6.07) is 12.7. The number of primary amides is 1. The summed E-state index contributed by atoms with van der Waals surface area (Å²) >= 11 is 3.28. The predicted octanol–water partition coefficient (Wildman–Crippen LogP) is 1.46. The average Bonchev–Trinajstić information content (AvgIpc) is 2.72. The van der Waals surface area contributed by atoms with E-state index < -0.39 is 15.9 Å². The number of piperazine rings is 1. The topological polar surface area (TPSA) is 110 Å². The second-order valence-electron chi connectivity index (χ2n) is 6.42. The summed E-state index contributed by atoms with van der Waals surface area (Å²) in [6.07, 6.45) is 0. The van der Waals surface area contributed by atoms with Crippen LogP contribution in [0.15, 0.2) is 57.9 Å². The van der Waals surface area contributed by atoms with Crippen molar-refractivity contribution < 1.29 is 22.7 Å². The van der Waals surface area contributed by atoms with Crippen LogP contribution >= 0.6 is 15.9 Å². The van der Waals surface area contributed by atoms with E-state index in [0.29, 0.717) is 15.8 Å². The number of hydrogen-bond acceptors (Lipinski definition) is 5. The molecule has 1 fully saturated rings. The number of carbonyl (C=O) groups excluding carboxylic acids is 2. The van der Waals surface area contributed by atoms with E-state index in [4.69, 9.17) is 10.5 Å². The van der Waals surface area contributed by atoms with Crippen LogP contribution in [0.2, 0.25) is 0 Å². The monoisotopic (exact) mass is 481 g/mol. The molecule has 8 nitrogen and oxygen atoms in total. The van der Waals surface area contributed by atoms with E-state index >= 15 is 0 Å². The summed E-state index contributed by atoms with van der Waals surface area (Å²) in [5, 5.41) is 0. The van der Waals surface area contributed by atoms with Gasteiger partial charge in [-0.15, -0.1) is 0 Å². The number of sulfonamides is 1. The molecule has 1 saturated heterocycles. The number of nitrogens with two attached hydrogens (primary N) is 1. The van der Waals surface area contributed by atoms with E-state index in [1.165, 1.54) is 16.4 Å². The van der Waals surface area contributed by atoms with Crippen molar-refractivity contribution in [3.8, 4) is 5.75 Å². The summed E-state index contributed by atoms with van der Waals surface area (Å²) in [5.41, 5.74) is 5.53. The number of carbonyl (C=O) groups is 2. The molecule has 0 aromatic heterocycles. The normalized spacial score (nSPS) is 15.1. The average molecular weight is 482 g/mol. The molecule has 2 aromatic rings. The summed E-state index contributed by atoms with van der Waals surface area (Å²) in [7, 11) is -3.60. The largest absolute Gasteiger partial charge is 0.484 e. The summed E-state index contributed by atoms with van der Waals surface area (Å²) in [4.78, 5) is 25.2. The fourth-order valence-corrected chi connectivity index (χ4v) is 4.93. The fraction of sp³-hybridized carbons (Fsp3) is 0.263. The second kappa shape index (κ2) is 8.93.